The number of rotatable bonds is 9. The molecule has 6 rings (SSSR count). The average molecular weight is 705 g/mol. The van der Waals surface area contributed by atoms with Crippen LogP contribution in [0.3, 0.4) is 0 Å². The van der Waals surface area contributed by atoms with Crippen molar-refractivity contribution in [2.75, 3.05) is 7.11 Å². The number of esters is 2. The third-order valence-electron chi connectivity index (χ3n) is 13.7. The van der Waals surface area contributed by atoms with E-state index in [4.69, 9.17) is 18.6 Å². The van der Waals surface area contributed by atoms with Gasteiger partial charge in [0, 0.05) is 18.1 Å². The zero-order valence-electron chi connectivity index (χ0n) is 31.5. The molecule has 0 saturated heterocycles. The van der Waals surface area contributed by atoms with Crippen molar-refractivity contribution in [3.63, 3.8) is 0 Å². The molecule has 2 aromatic rings. The van der Waals surface area contributed by atoms with Crippen molar-refractivity contribution in [2.45, 2.75) is 125 Å². The summed E-state index contributed by atoms with van der Waals surface area (Å²) in [6.45, 7) is 14.4. The number of nitrogens with zero attached hydrogens (tertiary/aromatic N) is 2. The van der Waals surface area contributed by atoms with Crippen molar-refractivity contribution in [1.29, 1.82) is 0 Å². The van der Waals surface area contributed by atoms with Crippen molar-refractivity contribution in [1.82, 2.24) is 10.2 Å². The standard InChI is InChI=1S/C41H56N2O8/c1-23(2)10-9-11-28(38(47)49-22-34-42-43-37(51-34)26-12-14-27(48-8)15-13-26)35-30-20-32(46)36-39(5)18-17-31(45)24(3)29(39)16-19-40(36,6)41(30,7)21-33(35)50-25(4)44/h10,12-15,24,29-33,36,45-46H,9,11,16-22H2,1-8H3/b35-28-/t24-,29-,30-,31+,32+,33-,36-,39-,40-,41-/m0/s1. The zero-order chi connectivity index (χ0) is 36.9. The van der Waals surface area contributed by atoms with Gasteiger partial charge in [-0.3, -0.25) is 4.79 Å². The van der Waals surface area contributed by atoms with Crippen molar-refractivity contribution in [3.05, 3.63) is 53.0 Å². The molecule has 1 heterocycles. The highest BCUT2D eigenvalue weighted by Gasteiger charge is 2.70. The van der Waals surface area contributed by atoms with Gasteiger partial charge in [0.15, 0.2) is 6.61 Å². The van der Waals surface area contributed by atoms with Crippen LogP contribution < -0.4 is 4.74 Å². The summed E-state index contributed by atoms with van der Waals surface area (Å²) in [5, 5.41) is 31.4. The molecule has 10 nitrogen and oxygen atoms in total. The first-order valence-electron chi connectivity index (χ1n) is 18.7. The minimum absolute atomic E-state index is 0.00998. The fourth-order valence-electron chi connectivity index (χ4n) is 11.2. The largest absolute Gasteiger partial charge is 0.497 e. The van der Waals surface area contributed by atoms with E-state index in [1.54, 1.807) is 19.2 Å². The summed E-state index contributed by atoms with van der Waals surface area (Å²) >= 11 is 0. The number of aromatic nitrogens is 2. The van der Waals surface area contributed by atoms with Crippen LogP contribution in [0.2, 0.25) is 0 Å². The Labute approximate surface area is 302 Å². The van der Waals surface area contributed by atoms with Crippen LogP contribution in [0.4, 0.5) is 0 Å². The lowest BCUT2D eigenvalue weighted by Gasteiger charge is -2.69. The highest BCUT2D eigenvalue weighted by atomic mass is 16.5. The van der Waals surface area contributed by atoms with E-state index in [1.165, 1.54) is 6.92 Å². The number of carbonyl (C=O) groups excluding carboxylic acids is 2. The molecule has 2 N–H and O–H groups in total. The molecule has 51 heavy (non-hydrogen) atoms. The van der Waals surface area contributed by atoms with Crippen LogP contribution in [-0.2, 0) is 25.7 Å². The molecule has 4 aliphatic rings. The number of aliphatic hydroxyl groups is 2. The first-order chi connectivity index (χ1) is 24.1. The van der Waals surface area contributed by atoms with Gasteiger partial charge < -0.3 is 28.8 Å². The lowest BCUT2D eigenvalue weighted by molar-refractivity contribution is -0.234. The van der Waals surface area contributed by atoms with Crippen LogP contribution in [0.25, 0.3) is 11.5 Å². The molecule has 10 heteroatoms. The van der Waals surface area contributed by atoms with Gasteiger partial charge in [-0.25, -0.2) is 4.79 Å². The number of fused-ring (bicyclic) bond motifs is 5. The number of benzene rings is 1. The number of ether oxygens (including phenoxy) is 3. The predicted molar refractivity (Wildman–Crippen MR) is 191 cm³/mol. The third kappa shape index (κ3) is 6.56. The van der Waals surface area contributed by atoms with Crippen LogP contribution in [-0.4, -0.2) is 57.8 Å². The number of aliphatic hydroxyl groups excluding tert-OH is 2. The van der Waals surface area contributed by atoms with Crippen LogP contribution >= 0.6 is 0 Å². The normalized spacial score (nSPS) is 36.6. The fraction of sp³-hybridized carbons (Fsp3) is 0.659. The summed E-state index contributed by atoms with van der Waals surface area (Å²) < 4.78 is 23.1. The Morgan fingerprint density at radius 2 is 1.73 bits per heavy atom. The molecule has 0 amide bonds. The first kappa shape index (κ1) is 37.3. The van der Waals surface area contributed by atoms with Crippen LogP contribution in [0, 0.1) is 39.9 Å². The van der Waals surface area contributed by atoms with E-state index in [9.17, 15) is 19.8 Å². The van der Waals surface area contributed by atoms with Gasteiger partial charge in [-0.2, -0.15) is 0 Å². The highest BCUT2D eigenvalue weighted by Crippen LogP contribution is 2.74. The van der Waals surface area contributed by atoms with Gasteiger partial charge in [0.05, 0.1) is 19.3 Å². The molecule has 0 bridgehead atoms. The molecule has 0 radical (unpaired) electrons. The molecular formula is C41H56N2O8. The summed E-state index contributed by atoms with van der Waals surface area (Å²) in [5.41, 5.74) is 2.33. The van der Waals surface area contributed by atoms with Crippen LogP contribution in [0.15, 0.2) is 51.5 Å². The Bertz CT molecular complexity index is 1680. The van der Waals surface area contributed by atoms with Crippen molar-refractivity contribution < 1.29 is 38.4 Å². The lowest BCUT2D eigenvalue weighted by Crippen LogP contribution is -2.65. The Kier molecular flexibility index (Phi) is 10.3. The van der Waals surface area contributed by atoms with Crippen molar-refractivity contribution in [2.24, 2.45) is 39.9 Å². The molecule has 4 aliphatic carbocycles. The van der Waals surface area contributed by atoms with Gasteiger partial charge in [0.2, 0.25) is 5.89 Å². The van der Waals surface area contributed by atoms with Crippen molar-refractivity contribution in [3.8, 4) is 17.2 Å². The minimum Gasteiger partial charge on any atom is -0.497 e. The summed E-state index contributed by atoms with van der Waals surface area (Å²) in [4.78, 5) is 26.9. The summed E-state index contributed by atoms with van der Waals surface area (Å²) in [6, 6.07) is 7.23. The monoisotopic (exact) mass is 704 g/mol. The van der Waals surface area contributed by atoms with Gasteiger partial charge in [-0.1, -0.05) is 39.3 Å². The van der Waals surface area contributed by atoms with Crippen LogP contribution in [0.5, 0.6) is 5.75 Å². The topological polar surface area (TPSA) is 141 Å². The van der Waals surface area contributed by atoms with Crippen LogP contribution in [0.1, 0.15) is 106 Å². The second-order valence-corrected chi connectivity index (χ2v) is 16.6. The Hall–Kier alpha value is -3.50. The first-order valence-corrected chi connectivity index (χ1v) is 18.7. The minimum atomic E-state index is -0.614. The summed E-state index contributed by atoms with van der Waals surface area (Å²) in [5.74, 6) is 0.566. The van der Waals surface area contributed by atoms with E-state index in [1.807, 2.05) is 26.0 Å². The second-order valence-electron chi connectivity index (χ2n) is 16.6. The molecule has 4 saturated carbocycles. The molecule has 10 atom stereocenters. The SMILES string of the molecule is COc1ccc(-c2nnc(COC(=O)/C(CCC=C(C)C)=C3\[C@@H](OC(C)=O)C[C@@]4(C)[C@H]3C[C@@H](O)[C@H]3[C@@]5(C)CC[C@@H](O)[C@@H](C)[C@@H]5CC[C@@]34C)o2)cc1. The molecule has 0 unspecified atom stereocenters. The number of methoxy groups -OCH3 is 1. The van der Waals surface area contributed by atoms with Gasteiger partial charge in [0.1, 0.15) is 11.9 Å². The highest BCUT2D eigenvalue weighted by molar-refractivity contribution is 5.90. The second kappa shape index (κ2) is 14.1. The molecule has 0 aliphatic heterocycles. The molecule has 278 valence electrons. The van der Waals surface area contributed by atoms with Crippen molar-refractivity contribution >= 4 is 11.9 Å². The van der Waals surface area contributed by atoms with Gasteiger partial charge >= 0.3 is 11.9 Å². The molecular weight excluding hydrogens is 648 g/mol. The summed E-state index contributed by atoms with van der Waals surface area (Å²) in [7, 11) is 1.60. The average Bonchev–Trinajstić information content (AvgIpc) is 3.66. The molecule has 4 fully saturated rings. The van der Waals surface area contributed by atoms with E-state index >= 15 is 0 Å². The number of carbonyl (C=O) groups is 2. The fourth-order valence-corrected chi connectivity index (χ4v) is 11.2. The van der Waals surface area contributed by atoms with E-state index < -0.39 is 24.1 Å². The van der Waals surface area contributed by atoms with E-state index in [0.717, 1.165) is 36.8 Å². The third-order valence-corrected chi connectivity index (χ3v) is 13.7. The van der Waals surface area contributed by atoms with E-state index in [-0.39, 0.29) is 52.6 Å². The zero-order valence-corrected chi connectivity index (χ0v) is 31.5. The maximum Gasteiger partial charge on any atom is 0.334 e. The quantitative estimate of drug-likeness (QED) is 0.154. The number of hydrogen-bond acceptors (Lipinski definition) is 10. The number of hydrogen-bond donors (Lipinski definition) is 2. The van der Waals surface area contributed by atoms with Gasteiger partial charge in [-0.15, -0.1) is 10.2 Å². The maximum atomic E-state index is 14.3. The van der Waals surface area contributed by atoms with E-state index in [2.05, 4.69) is 44.0 Å². The smallest absolute Gasteiger partial charge is 0.334 e. The Morgan fingerprint density at radius 1 is 1.00 bits per heavy atom. The molecule has 1 aromatic carbocycles. The van der Waals surface area contributed by atoms with Gasteiger partial charge in [0.25, 0.3) is 5.89 Å². The molecule has 1 aromatic heterocycles. The summed E-state index contributed by atoms with van der Waals surface area (Å²) in [6.07, 6.45) is 6.05. The predicted octanol–water partition coefficient (Wildman–Crippen LogP) is 7.38. The number of allylic oxidation sites excluding steroid dienone is 2. The molecule has 0 spiro atoms. The van der Waals surface area contributed by atoms with Gasteiger partial charge in [-0.05, 0) is 135 Å². The maximum absolute atomic E-state index is 14.3. The van der Waals surface area contributed by atoms with E-state index in [0.29, 0.717) is 54.4 Å². The Morgan fingerprint density at radius 3 is 2.39 bits per heavy atom. The Balaban J connectivity index is 1.35. The lowest BCUT2D eigenvalue weighted by atomic mass is 9.36.